The lowest BCUT2D eigenvalue weighted by molar-refractivity contribution is -0.120. The molecule has 1 aliphatic rings. The van der Waals surface area contributed by atoms with E-state index >= 15 is 0 Å². The largest absolute Gasteiger partial charge is 0.366 e. The van der Waals surface area contributed by atoms with Crippen molar-refractivity contribution >= 4 is 23.3 Å². The molecule has 0 radical (unpaired) electrons. The quantitative estimate of drug-likeness (QED) is 0.840. The van der Waals surface area contributed by atoms with Gasteiger partial charge in [-0.1, -0.05) is 0 Å². The van der Waals surface area contributed by atoms with Crippen molar-refractivity contribution in [3.8, 4) is 0 Å². The summed E-state index contributed by atoms with van der Waals surface area (Å²) in [6.07, 6.45) is 1.41. The summed E-state index contributed by atoms with van der Waals surface area (Å²) in [5, 5.41) is 7.13. The van der Waals surface area contributed by atoms with Gasteiger partial charge in [-0.05, 0) is 43.2 Å². The first-order valence-electron chi connectivity index (χ1n) is 8.44. The van der Waals surface area contributed by atoms with E-state index in [1.165, 1.54) is 10.7 Å². The van der Waals surface area contributed by atoms with E-state index in [4.69, 9.17) is 5.73 Å². The molecule has 1 saturated heterocycles. The zero-order valence-electron chi connectivity index (χ0n) is 14.5. The number of anilines is 2. The number of aryl methyl sites for hydroxylation is 1. The van der Waals surface area contributed by atoms with Crippen LogP contribution in [0.1, 0.15) is 23.2 Å². The standard InChI is InChI=1S/C18H21N5O3/c1-22-16(24)7-6-15(21-22)23-10-8-13(9-11-23)18(26)20-14-4-2-12(3-5-14)17(19)25/h2-7,13H,8-11H2,1H3,(H2,19,25)(H,20,26). The third-order valence-electron chi connectivity index (χ3n) is 4.57. The van der Waals surface area contributed by atoms with E-state index in [1.807, 2.05) is 0 Å². The molecule has 1 aromatic carbocycles. The molecule has 2 aromatic rings. The normalized spacial score (nSPS) is 14.9. The van der Waals surface area contributed by atoms with Gasteiger partial charge in [-0.25, -0.2) is 4.68 Å². The zero-order valence-corrected chi connectivity index (χ0v) is 14.5. The molecule has 0 saturated carbocycles. The molecule has 1 aliphatic heterocycles. The number of nitrogens with two attached hydrogens (primary N) is 1. The smallest absolute Gasteiger partial charge is 0.266 e. The average molecular weight is 355 g/mol. The molecule has 0 bridgehead atoms. The Morgan fingerprint density at radius 3 is 2.35 bits per heavy atom. The highest BCUT2D eigenvalue weighted by atomic mass is 16.2. The van der Waals surface area contributed by atoms with Crippen molar-refractivity contribution in [2.24, 2.45) is 18.7 Å². The summed E-state index contributed by atoms with van der Waals surface area (Å²) >= 11 is 0. The molecule has 0 unspecified atom stereocenters. The number of carbonyl (C=O) groups is 2. The van der Waals surface area contributed by atoms with Crippen LogP contribution >= 0.6 is 0 Å². The number of piperidine rings is 1. The highest BCUT2D eigenvalue weighted by molar-refractivity contribution is 5.95. The van der Waals surface area contributed by atoms with Crippen molar-refractivity contribution in [3.05, 3.63) is 52.3 Å². The van der Waals surface area contributed by atoms with Crippen LogP contribution in [-0.2, 0) is 11.8 Å². The maximum absolute atomic E-state index is 12.4. The van der Waals surface area contributed by atoms with Gasteiger partial charge in [0.15, 0.2) is 0 Å². The minimum atomic E-state index is -0.498. The second kappa shape index (κ2) is 7.38. The Morgan fingerprint density at radius 2 is 1.77 bits per heavy atom. The van der Waals surface area contributed by atoms with Gasteiger partial charge in [0.05, 0.1) is 0 Å². The summed E-state index contributed by atoms with van der Waals surface area (Å²) < 4.78 is 1.31. The lowest BCUT2D eigenvalue weighted by atomic mass is 9.95. The summed E-state index contributed by atoms with van der Waals surface area (Å²) in [5.74, 6) is 0.120. The van der Waals surface area contributed by atoms with Crippen molar-refractivity contribution in [3.63, 3.8) is 0 Å². The number of primary amides is 1. The molecule has 1 aromatic heterocycles. The summed E-state index contributed by atoms with van der Waals surface area (Å²) in [4.78, 5) is 37.0. The van der Waals surface area contributed by atoms with Gasteiger partial charge in [0.1, 0.15) is 5.82 Å². The molecular weight excluding hydrogens is 334 g/mol. The van der Waals surface area contributed by atoms with E-state index in [9.17, 15) is 14.4 Å². The van der Waals surface area contributed by atoms with E-state index < -0.39 is 5.91 Å². The van der Waals surface area contributed by atoms with Crippen molar-refractivity contribution in [1.82, 2.24) is 9.78 Å². The van der Waals surface area contributed by atoms with Gasteiger partial charge in [0, 0.05) is 43.4 Å². The minimum Gasteiger partial charge on any atom is -0.366 e. The molecule has 136 valence electrons. The third kappa shape index (κ3) is 3.90. The highest BCUT2D eigenvalue weighted by Gasteiger charge is 2.26. The highest BCUT2D eigenvalue weighted by Crippen LogP contribution is 2.22. The van der Waals surface area contributed by atoms with Crippen LogP contribution in [0.4, 0.5) is 11.5 Å². The fourth-order valence-corrected chi connectivity index (χ4v) is 2.99. The van der Waals surface area contributed by atoms with Crippen molar-refractivity contribution in [2.75, 3.05) is 23.3 Å². The number of benzene rings is 1. The zero-order chi connectivity index (χ0) is 18.7. The Labute approximate surface area is 150 Å². The number of hydrogen-bond acceptors (Lipinski definition) is 5. The number of nitrogens with zero attached hydrogens (tertiary/aromatic N) is 3. The van der Waals surface area contributed by atoms with Gasteiger partial charge >= 0.3 is 0 Å². The van der Waals surface area contributed by atoms with Crippen LogP contribution in [0, 0.1) is 5.92 Å². The number of carbonyl (C=O) groups excluding carboxylic acids is 2. The molecule has 1 fully saturated rings. The van der Waals surface area contributed by atoms with Gasteiger partial charge < -0.3 is 16.0 Å². The molecule has 3 rings (SSSR count). The molecule has 2 heterocycles. The second-order valence-electron chi connectivity index (χ2n) is 6.35. The molecule has 0 aliphatic carbocycles. The molecule has 8 nitrogen and oxygen atoms in total. The Balaban J connectivity index is 1.57. The second-order valence-corrected chi connectivity index (χ2v) is 6.35. The van der Waals surface area contributed by atoms with Crippen molar-refractivity contribution in [1.29, 1.82) is 0 Å². The average Bonchev–Trinajstić information content (AvgIpc) is 2.64. The maximum Gasteiger partial charge on any atom is 0.266 e. The molecular formula is C18H21N5O3. The fourth-order valence-electron chi connectivity index (χ4n) is 2.99. The molecule has 2 amide bonds. The monoisotopic (exact) mass is 355 g/mol. The number of rotatable bonds is 4. The SMILES string of the molecule is Cn1nc(N2CCC(C(=O)Nc3ccc(C(N)=O)cc3)CC2)ccc1=O. The van der Waals surface area contributed by atoms with Crippen molar-refractivity contribution in [2.45, 2.75) is 12.8 Å². The Hall–Kier alpha value is -3.16. The summed E-state index contributed by atoms with van der Waals surface area (Å²) in [5.41, 5.74) is 6.10. The van der Waals surface area contributed by atoms with Crippen molar-refractivity contribution < 1.29 is 9.59 Å². The van der Waals surface area contributed by atoms with Crippen LogP contribution in [0.3, 0.4) is 0 Å². The van der Waals surface area contributed by atoms with Crippen LogP contribution in [0.2, 0.25) is 0 Å². The predicted molar refractivity (Wildman–Crippen MR) is 98.0 cm³/mol. The van der Waals surface area contributed by atoms with Gasteiger partial charge in [-0.2, -0.15) is 5.10 Å². The lowest BCUT2D eigenvalue weighted by Gasteiger charge is -2.32. The molecule has 8 heteroatoms. The van der Waals surface area contributed by atoms with Crippen LogP contribution in [0.5, 0.6) is 0 Å². The minimum absolute atomic E-state index is 0.0371. The first-order valence-corrected chi connectivity index (χ1v) is 8.44. The molecule has 26 heavy (non-hydrogen) atoms. The van der Waals surface area contributed by atoms with E-state index in [0.29, 0.717) is 37.2 Å². The number of aromatic nitrogens is 2. The third-order valence-corrected chi connectivity index (χ3v) is 4.57. The van der Waals surface area contributed by atoms with Gasteiger partial charge in [-0.3, -0.25) is 14.4 Å². The topological polar surface area (TPSA) is 110 Å². The summed E-state index contributed by atoms with van der Waals surface area (Å²) in [6, 6.07) is 9.72. The van der Waals surface area contributed by atoms with Crippen LogP contribution < -0.4 is 21.5 Å². The molecule has 0 atom stereocenters. The number of hydrogen-bond donors (Lipinski definition) is 2. The van der Waals surface area contributed by atoms with E-state index in [2.05, 4.69) is 15.3 Å². The van der Waals surface area contributed by atoms with E-state index in [1.54, 1.807) is 37.4 Å². The first-order chi connectivity index (χ1) is 12.4. The Kier molecular flexibility index (Phi) is 5.01. The number of amides is 2. The lowest BCUT2D eigenvalue weighted by Crippen LogP contribution is -2.39. The van der Waals surface area contributed by atoms with E-state index in [-0.39, 0.29) is 17.4 Å². The predicted octanol–water partition coefficient (Wildman–Crippen LogP) is 0.734. The van der Waals surface area contributed by atoms with Gasteiger partial charge in [-0.15, -0.1) is 0 Å². The van der Waals surface area contributed by atoms with Crippen LogP contribution in [0.25, 0.3) is 0 Å². The Bertz CT molecular complexity index is 867. The number of nitrogens with one attached hydrogen (secondary N) is 1. The van der Waals surface area contributed by atoms with Crippen LogP contribution in [0.15, 0.2) is 41.2 Å². The van der Waals surface area contributed by atoms with Gasteiger partial charge in [0.25, 0.3) is 5.56 Å². The first kappa shape index (κ1) is 17.7. The molecule has 0 spiro atoms. The Morgan fingerprint density at radius 1 is 1.12 bits per heavy atom. The van der Waals surface area contributed by atoms with Crippen LogP contribution in [-0.4, -0.2) is 34.7 Å². The van der Waals surface area contributed by atoms with E-state index in [0.717, 1.165) is 5.82 Å². The maximum atomic E-state index is 12.4. The summed E-state index contributed by atoms with van der Waals surface area (Å²) in [7, 11) is 1.62. The fraction of sp³-hybridized carbons (Fsp3) is 0.333. The molecule has 3 N–H and O–H groups in total. The summed E-state index contributed by atoms with van der Waals surface area (Å²) in [6.45, 7) is 1.40. The van der Waals surface area contributed by atoms with Gasteiger partial charge in [0.2, 0.25) is 11.8 Å².